The number of nitrogens with one attached hydrogen (secondary N) is 3. The first-order chi connectivity index (χ1) is 23.1. The fraction of sp³-hybridized carbons (Fsp3) is 0.314. The van der Waals surface area contributed by atoms with Crippen LogP contribution in [0, 0.1) is 11.7 Å². The number of amides is 1. The molecule has 1 aromatic carbocycles. The molecule has 1 aliphatic heterocycles. The number of aromatic amines is 2. The van der Waals surface area contributed by atoms with Gasteiger partial charge in [0.15, 0.2) is 11.5 Å². The van der Waals surface area contributed by atoms with Gasteiger partial charge in [-0.2, -0.15) is 5.10 Å². The van der Waals surface area contributed by atoms with Crippen molar-refractivity contribution in [2.45, 2.75) is 38.5 Å². The molecule has 2 aliphatic rings. The Bertz CT molecular complexity index is 2080. The van der Waals surface area contributed by atoms with Crippen LogP contribution in [0.2, 0.25) is 0 Å². The number of rotatable bonds is 9. The number of hydrogen-bond donors (Lipinski definition) is 3. The molecule has 238 valence electrons. The molecule has 0 bridgehead atoms. The van der Waals surface area contributed by atoms with E-state index in [1.54, 1.807) is 24.8 Å². The third-order valence-corrected chi connectivity index (χ3v) is 9.14. The maximum atomic E-state index is 14.8. The second-order valence-electron chi connectivity index (χ2n) is 12.3. The van der Waals surface area contributed by atoms with E-state index in [9.17, 15) is 9.18 Å². The molecule has 12 heteroatoms. The summed E-state index contributed by atoms with van der Waals surface area (Å²) in [5, 5.41) is 11.4. The number of carbonyl (C=O) groups is 1. The first-order valence-corrected chi connectivity index (χ1v) is 16.2. The lowest BCUT2D eigenvalue weighted by molar-refractivity contribution is -0.119. The Balaban J connectivity index is 1.08. The first-order valence-electron chi connectivity index (χ1n) is 16.2. The monoisotopic (exact) mass is 631 g/mol. The van der Waals surface area contributed by atoms with Gasteiger partial charge in [0.05, 0.1) is 29.3 Å². The number of fused-ring (bicyclic) bond motifs is 2. The zero-order chi connectivity index (χ0) is 31.7. The molecule has 2 fully saturated rings. The van der Waals surface area contributed by atoms with E-state index < -0.39 is 0 Å². The number of benzene rings is 1. The Kier molecular flexibility index (Phi) is 7.78. The normalized spacial score (nSPS) is 15.6. The predicted molar refractivity (Wildman–Crippen MR) is 177 cm³/mol. The molecule has 6 aromatic rings. The highest BCUT2D eigenvalue weighted by Gasteiger charge is 2.23. The number of imidazole rings is 1. The average molecular weight is 632 g/mol. The van der Waals surface area contributed by atoms with Crippen molar-refractivity contribution in [3.05, 3.63) is 67.0 Å². The number of H-pyrrole nitrogens is 2. The van der Waals surface area contributed by atoms with Crippen LogP contribution in [0.5, 0.6) is 5.75 Å². The molecule has 1 amide bonds. The summed E-state index contributed by atoms with van der Waals surface area (Å²) in [5.74, 6) is 0.711. The number of pyridine rings is 3. The van der Waals surface area contributed by atoms with Crippen LogP contribution >= 0.6 is 0 Å². The lowest BCUT2D eigenvalue weighted by Gasteiger charge is -2.15. The number of nitrogens with zero attached hydrogens (tertiary/aromatic N) is 6. The van der Waals surface area contributed by atoms with Crippen LogP contribution in [0.1, 0.15) is 38.5 Å². The molecular formula is C35H34FN9O2. The van der Waals surface area contributed by atoms with Crippen LogP contribution in [0.4, 0.5) is 10.1 Å². The summed E-state index contributed by atoms with van der Waals surface area (Å²) in [5.41, 5.74) is 5.94. The molecule has 6 heterocycles. The summed E-state index contributed by atoms with van der Waals surface area (Å²) in [6, 6.07) is 10.4. The van der Waals surface area contributed by atoms with Crippen molar-refractivity contribution in [3.63, 3.8) is 0 Å². The van der Waals surface area contributed by atoms with Crippen molar-refractivity contribution in [2.75, 3.05) is 31.6 Å². The summed E-state index contributed by atoms with van der Waals surface area (Å²) in [6.45, 7) is 3.49. The van der Waals surface area contributed by atoms with Crippen molar-refractivity contribution in [1.29, 1.82) is 0 Å². The van der Waals surface area contributed by atoms with E-state index in [1.807, 2.05) is 24.3 Å². The summed E-state index contributed by atoms with van der Waals surface area (Å²) < 4.78 is 20.8. The molecule has 1 saturated heterocycles. The predicted octanol–water partition coefficient (Wildman–Crippen LogP) is 6.37. The van der Waals surface area contributed by atoms with Gasteiger partial charge in [-0.1, -0.05) is 12.8 Å². The zero-order valence-electron chi connectivity index (χ0n) is 25.8. The van der Waals surface area contributed by atoms with Gasteiger partial charge in [0.1, 0.15) is 29.4 Å². The zero-order valence-corrected chi connectivity index (χ0v) is 25.8. The highest BCUT2D eigenvalue weighted by molar-refractivity contribution is 5.97. The van der Waals surface area contributed by atoms with E-state index in [2.05, 4.69) is 40.3 Å². The Hall–Kier alpha value is -5.23. The average Bonchev–Trinajstić information content (AvgIpc) is 3.91. The van der Waals surface area contributed by atoms with Crippen molar-refractivity contribution >= 4 is 33.7 Å². The Morgan fingerprint density at radius 3 is 2.74 bits per heavy atom. The highest BCUT2D eigenvalue weighted by atomic mass is 19.1. The van der Waals surface area contributed by atoms with Crippen molar-refractivity contribution in [1.82, 2.24) is 40.0 Å². The highest BCUT2D eigenvalue weighted by Crippen LogP contribution is 2.34. The van der Waals surface area contributed by atoms with Gasteiger partial charge >= 0.3 is 0 Å². The molecule has 1 saturated carbocycles. The number of likely N-dealkylation sites (tertiary alicyclic amines) is 1. The third kappa shape index (κ3) is 6.03. The standard InChI is InChI=1S/C35H34FN9O2/c36-24-13-22(15-26(16-24)47-12-11-45-9-3-4-10-45)27-7-8-38-33-31(27)41-34(42-33)32-28-17-29(39-20-30(28)43-44-32)23-14-25(19-37-18-23)40-35(46)21-5-1-2-6-21/h7-8,13-21H,1-6,9-12H2,(H,40,46)(H,43,44)(H,38,41,42). The maximum absolute atomic E-state index is 14.8. The summed E-state index contributed by atoms with van der Waals surface area (Å²) in [6.07, 6.45) is 13.2. The molecule has 11 nitrogen and oxygen atoms in total. The molecular weight excluding hydrogens is 597 g/mol. The number of ether oxygens (including phenoxy) is 1. The minimum atomic E-state index is -0.380. The Morgan fingerprint density at radius 2 is 1.87 bits per heavy atom. The molecule has 0 radical (unpaired) electrons. The molecule has 5 aromatic heterocycles. The molecule has 47 heavy (non-hydrogen) atoms. The number of halogens is 1. The fourth-order valence-corrected chi connectivity index (χ4v) is 6.69. The van der Waals surface area contributed by atoms with E-state index in [1.165, 1.54) is 25.0 Å². The quantitative estimate of drug-likeness (QED) is 0.167. The lowest BCUT2D eigenvalue weighted by Crippen LogP contribution is -2.25. The summed E-state index contributed by atoms with van der Waals surface area (Å²) in [4.78, 5) is 36.7. The van der Waals surface area contributed by atoms with Crippen LogP contribution in [0.3, 0.4) is 0 Å². The van der Waals surface area contributed by atoms with Crippen LogP contribution in [0.25, 0.3) is 56.0 Å². The maximum Gasteiger partial charge on any atom is 0.227 e. The largest absolute Gasteiger partial charge is 0.492 e. The SMILES string of the molecule is O=C(Nc1cncc(-c2cc3c(-c4nc5c(-c6cc(F)cc(OCCN7CCCC7)c6)ccnc5[nH]4)n[nH]c3cn2)c1)C1CCCC1. The second kappa shape index (κ2) is 12.5. The Morgan fingerprint density at radius 1 is 1.00 bits per heavy atom. The van der Waals surface area contributed by atoms with E-state index in [-0.39, 0.29) is 17.6 Å². The van der Waals surface area contributed by atoms with Gasteiger partial charge in [-0.25, -0.2) is 14.4 Å². The van der Waals surface area contributed by atoms with E-state index in [0.29, 0.717) is 52.0 Å². The van der Waals surface area contributed by atoms with E-state index in [0.717, 1.165) is 67.3 Å². The number of aromatic nitrogens is 7. The smallest absolute Gasteiger partial charge is 0.227 e. The van der Waals surface area contributed by atoms with Gasteiger partial charge in [0.2, 0.25) is 5.91 Å². The number of hydrogen-bond acceptors (Lipinski definition) is 8. The minimum absolute atomic E-state index is 0.0411. The topological polar surface area (TPSA) is 138 Å². The molecule has 8 rings (SSSR count). The van der Waals surface area contributed by atoms with Crippen LogP contribution in [0.15, 0.2) is 61.2 Å². The number of carbonyl (C=O) groups excluding carboxylic acids is 1. The molecule has 0 unspecified atom stereocenters. The molecule has 3 N–H and O–H groups in total. The summed E-state index contributed by atoms with van der Waals surface area (Å²) >= 11 is 0. The van der Waals surface area contributed by atoms with Gasteiger partial charge in [-0.05, 0) is 74.7 Å². The van der Waals surface area contributed by atoms with Gasteiger partial charge in [-0.15, -0.1) is 0 Å². The van der Waals surface area contributed by atoms with Crippen LogP contribution in [-0.4, -0.2) is 72.2 Å². The van der Waals surface area contributed by atoms with Crippen molar-refractivity contribution in [3.8, 4) is 39.7 Å². The molecule has 0 atom stereocenters. The van der Waals surface area contributed by atoms with Gasteiger partial charge in [-0.3, -0.25) is 24.8 Å². The number of anilines is 1. The molecule has 0 spiro atoms. The third-order valence-electron chi connectivity index (χ3n) is 9.14. The van der Waals surface area contributed by atoms with E-state index in [4.69, 9.17) is 9.72 Å². The van der Waals surface area contributed by atoms with Gasteiger partial charge in [0.25, 0.3) is 0 Å². The molecule has 1 aliphatic carbocycles. The van der Waals surface area contributed by atoms with Crippen molar-refractivity contribution < 1.29 is 13.9 Å². The van der Waals surface area contributed by atoms with Crippen LogP contribution < -0.4 is 10.1 Å². The lowest BCUT2D eigenvalue weighted by atomic mass is 10.1. The van der Waals surface area contributed by atoms with E-state index >= 15 is 0 Å². The van der Waals surface area contributed by atoms with Crippen molar-refractivity contribution in [2.24, 2.45) is 5.92 Å². The second-order valence-corrected chi connectivity index (χ2v) is 12.3. The minimum Gasteiger partial charge on any atom is -0.492 e. The summed E-state index contributed by atoms with van der Waals surface area (Å²) in [7, 11) is 0. The van der Waals surface area contributed by atoms with Gasteiger partial charge < -0.3 is 15.0 Å². The van der Waals surface area contributed by atoms with Crippen LogP contribution in [-0.2, 0) is 4.79 Å². The fourth-order valence-electron chi connectivity index (χ4n) is 6.69. The first kappa shape index (κ1) is 29.2. The Labute approximate surface area is 270 Å². The van der Waals surface area contributed by atoms with Gasteiger partial charge in [0, 0.05) is 47.4 Å².